The van der Waals surface area contributed by atoms with Crippen molar-refractivity contribution in [2.24, 2.45) is 5.92 Å². The van der Waals surface area contributed by atoms with E-state index in [4.69, 9.17) is 13.8 Å². The molecule has 6 nitrogen and oxygen atoms in total. The van der Waals surface area contributed by atoms with E-state index >= 15 is 0 Å². The molecule has 0 spiro atoms. The molecule has 5 aromatic heterocycles. The van der Waals surface area contributed by atoms with Gasteiger partial charge in [-0.05, 0) is 90.5 Å². The third-order valence-corrected chi connectivity index (χ3v) is 13.6. The first-order chi connectivity index (χ1) is 29.3. The van der Waals surface area contributed by atoms with E-state index in [-0.39, 0.29) is 25.9 Å². The molecule has 0 bridgehead atoms. The molecule has 0 amide bonds. The van der Waals surface area contributed by atoms with Gasteiger partial charge in [-0.3, -0.25) is 9.37 Å². The molecule has 10 rings (SSSR count). The minimum Gasteiger partial charge on any atom is -0.486 e. The summed E-state index contributed by atoms with van der Waals surface area (Å²) < 4.78 is 29.1. The van der Waals surface area contributed by atoms with E-state index in [0.717, 1.165) is 84.0 Å². The Kier molecular flexibility index (Phi) is 11.7. The van der Waals surface area contributed by atoms with Crippen molar-refractivity contribution in [3.63, 3.8) is 0 Å². The number of aryl methyl sites for hydroxylation is 2. The quantitative estimate of drug-likeness (QED) is 0.118. The summed E-state index contributed by atoms with van der Waals surface area (Å²) in [6, 6.07) is 38.3. The molecule has 0 fully saturated rings. The molecule has 0 saturated heterocycles. The molecule has 10 aromatic rings. The fourth-order valence-electron chi connectivity index (χ4n) is 8.64. The largest absolute Gasteiger partial charge is 0.486 e. The van der Waals surface area contributed by atoms with E-state index in [9.17, 15) is 4.39 Å². The molecule has 0 saturated carbocycles. The Bertz CT molecular complexity index is 3280. The van der Waals surface area contributed by atoms with Crippen molar-refractivity contribution in [1.82, 2.24) is 19.5 Å². The Morgan fingerprint density at radius 3 is 2.31 bits per heavy atom. The molecule has 0 aliphatic carbocycles. The van der Waals surface area contributed by atoms with Crippen LogP contribution in [0.4, 0.5) is 4.39 Å². The second-order valence-electron chi connectivity index (χ2n) is 17.8. The summed E-state index contributed by atoms with van der Waals surface area (Å²) in [7, 11) is -1.45. The normalized spacial score (nSPS) is 11.9. The molecule has 9 heteroatoms. The van der Waals surface area contributed by atoms with Crippen LogP contribution in [0.15, 0.2) is 118 Å². The summed E-state index contributed by atoms with van der Waals surface area (Å²) in [5.74, 6) is 1.51. The number of para-hydroxylation sites is 2. The smallest absolute Gasteiger partial charge is 0.216 e. The number of pyridine rings is 2. The van der Waals surface area contributed by atoms with Gasteiger partial charge in [0, 0.05) is 65.7 Å². The van der Waals surface area contributed by atoms with Gasteiger partial charge >= 0.3 is 0 Å². The van der Waals surface area contributed by atoms with Crippen molar-refractivity contribution in [3.05, 3.63) is 150 Å². The number of rotatable bonds is 7. The van der Waals surface area contributed by atoms with Gasteiger partial charge in [0.15, 0.2) is 0 Å². The third-order valence-electron chi connectivity index (χ3n) is 11.6. The van der Waals surface area contributed by atoms with Gasteiger partial charge in [-0.2, -0.15) is 0 Å². The second-order valence-corrected chi connectivity index (χ2v) is 22.9. The zero-order valence-electron chi connectivity index (χ0n) is 36.6. The van der Waals surface area contributed by atoms with Crippen LogP contribution >= 0.6 is 0 Å². The summed E-state index contributed by atoms with van der Waals surface area (Å²) in [5.41, 5.74) is 12.9. The van der Waals surface area contributed by atoms with Crippen LogP contribution in [0.2, 0.25) is 19.6 Å². The Morgan fingerprint density at radius 1 is 0.758 bits per heavy atom. The summed E-state index contributed by atoms with van der Waals surface area (Å²) in [4.78, 5) is 14.1. The number of fused-ring (bicyclic) bond motifs is 7. The number of halogens is 1. The minimum absolute atomic E-state index is 0. The van der Waals surface area contributed by atoms with E-state index in [2.05, 4.69) is 130 Å². The van der Waals surface area contributed by atoms with E-state index in [1.54, 1.807) is 18.3 Å². The maximum Gasteiger partial charge on any atom is 0.216 e. The average molecular weight is 1010 g/mol. The molecule has 5 aromatic carbocycles. The first kappa shape index (κ1) is 42.9. The van der Waals surface area contributed by atoms with E-state index in [1.807, 2.05) is 42.6 Å². The number of furan rings is 2. The van der Waals surface area contributed by atoms with Crippen molar-refractivity contribution in [2.45, 2.75) is 73.5 Å². The van der Waals surface area contributed by atoms with Gasteiger partial charge in [0.05, 0.1) is 30.5 Å². The molecule has 0 unspecified atom stereocenters. The van der Waals surface area contributed by atoms with Crippen LogP contribution in [0.25, 0.3) is 83.4 Å². The average Bonchev–Trinajstić information content (AvgIpc) is 3.92. The van der Waals surface area contributed by atoms with Gasteiger partial charge in [0.25, 0.3) is 0 Å². The number of hydrogen-bond acceptors (Lipinski definition) is 5. The Labute approximate surface area is 376 Å². The number of aromatic nitrogens is 4. The second kappa shape index (κ2) is 16.9. The SMILES string of the molecule is CC(C)Cc1cc(-c2[c-]cccc2F)ncc1[Si](C)(C)C.Cc1cc2c(oc3cc(C(C)C)ccc32)c(C)c1-n1c(-c2[c-]ccc3c2oc2ncccc23)nc2ccccc21.[Ir]. The van der Waals surface area contributed by atoms with Gasteiger partial charge in [0.2, 0.25) is 5.71 Å². The first-order valence-corrected chi connectivity index (χ1v) is 24.6. The molecular weight excluding hydrogens is 964 g/mol. The number of imidazole rings is 1. The van der Waals surface area contributed by atoms with E-state index < -0.39 is 8.07 Å². The van der Waals surface area contributed by atoms with E-state index in [1.165, 1.54) is 22.4 Å². The molecule has 0 aliphatic rings. The molecule has 0 atom stereocenters. The Balaban J connectivity index is 0.000000205. The monoisotopic (exact) mass is 1010 g/mol. The number of benzene rings is 5. The van der Waals surface area contributed by atoms with Crippen LogP contribution in [-0.4, -0.2) is 27.6 Å². The van der Waals surface area contributed by atoms with Gasteiger partial charge in [-0.15, -0.1) is 42.5 Å². The van der Waals surface area contributed by atoms with Crippen molar-refractivity contribution in [2.75, 3.05) is 0 Å². The zero-order chi connectivity index (χ0) is 42.7. The standard InChI is InChI=1S/C35H26N3O2.C18H23FNSi.Ir/c1-19(2)22-14-15-23-27-17-20(3)31(21(4)32(27)39-30(23)18-22)38-29-13-6-5-12-28(29)37-34(38)26-10-7-9-24-25-11-8-16-36-35(25)40-33(24)26;1-13(2)10-14-11-17(15-8-6-7-9-16(15)19)20-12-18(14)21(3,4)5;/h5-9,11-19H,1-4H3;6-7,9,11-13H,10H2,1-5H3;/q2*-1;. The van der Waals surface area contributed by atoms with Gasteiger partial charge in [-0.1, -0.05) is 99.7 Å². The minimum atomic E-state index is -1.45. The van der Waals surface area contributed by atoms with Gasteiger partial charge in [-0.25, -0.2) is 4.98 Å². The summed E-state index contributed by atoms with van der Waals surface area (Å²) >= 11 is 0. The molecule has 0 aliphatic heterocycles. The van der Waals surface area contributed by atoms with Crippen molar-refractivity contribution in [3.8, 4) is 28.3 Å². The summed E-state index contributed by atoms with van der Waals surface area (Å²) in [5, 5.41) is 5.62. The molecular formula is C53H49FIrN4O2Si-2. The summed E-state index contributed by atoms with van der Waals surface area (Å²) in [6.45, 7) is 20.1. The number of nitrogens with zero attached hydrogens (tertiary/aromatic N) is 4. The fraction of sp³-hybridized carbons (Fsp3) is 0.226. The van der Waals surface area contributed by atoms with Crippen LogP contribution in [0.1, 0.15) is 55.9 Å². The van der Waals surface area contributed by atoms with Gasteiger partial charge < -0.3 is 18.4 Å². The van der Waals surface area contributed by atoms with Gasteiger partial charge in [0.1, 0.15) is 11.2 Å². The van der Waals surface area contributed by atoms with Crippen LogP contribution in [0.3, 0.4) is 0 Å². The molecule has 0 N–H and O–H groups in total. The maximum atomic E-state index is 13.9. The zero-order valence-corrected chi connectivity index (χ0v) is 40.0. The fourth-order valence-corrected chi connectivity index (χ4v) is 10.2. The van der Waals surface area contributed by atoms with Crippen LogP contribution in [0, 0.1) is 37.7 Å². The molecule has 5 heterocycles. The third kappa shape index (κ3) is 7.72. The van der Waals surface area contributed by atoms with Crippen LogP contribution in [0.5, 0.6) is 0 Å². The first-order valence-electron chi connectivity index (χ1n) is 21.1. The summed E-state index contributed by atoms with van der Waals surface area (Å²) in [6.07, 6.45) is 4.71. The van der Waals surface area contributed by atoms with Crippen molar-refractivity contribution >= 4 is 68.3 Å². The predicted molar refractivity (Wildman–Crippen MR) is 251 cm³/mol. The van der Waals surface area contributed by atoms with Crippen LogP contribution < -0.4 is 5.19 Å². The topological polar surface area (TPSA) is 69.9 Å². The maximum absolute atomic E-state index is 13.9. The molecule has 1 radical (unpaired) electrons. The number of hydrogen-bond donors (Lipinski definition) is 0. The van der Waals surface area contributed by atoms with E-state index in [0.29, 0.717) is 28.8 Å². The predicted octanol–water partition coefficient (Wildman–Crippen LogP) is 13.9. The van der Waals surface area contributed by atoms with Crippen molar-refractivity contribution < 1.29 is 33.3 Å². The van der Waals surface area contributed by atoms with Crippen LogP contribution in [-0.2, 0) is 26.5 Å². The molecule has 315 valence electrons. The molecule has 62 heavy (non-hydrogen) atoms. The Hall–Kier alpha value is -5.73. The Morgan fingerprint density at radius 2 is 1.55 bits per heavy atom. The van der Waals surface area contributed by atoms with Crippen molar-refractivity contribution in [1.29, 1.82) is 0 Å².